The molecule has 4 nitrogen and oxygen atoms in total. The number of rotatable bonds is 1. The molecule has 4 rings (SSSR count). The predicted molar refractivity (Wildman–Crippen MR) is 106 cm³/mol. The Morgan fingerprint density at radius 3 is 2.44 bits per heavy atom. The molecule has 0 N–H and O–H groups in total. The van der Waals surface area contributed by atoms with Gasteiger partial charge in [-0.05, 0) is 60.8 Å². The number of aryl methyl sites for hydroxylation is 2. The van der Waals surface area contributed by atoms with Crippen LogP contribution < -0.4 is 0 Å². The summed E-state index contributed by atoms with van der Waals surface area (Å²) in [6.07, 6.45) is 5.65. The Kier molecular flexibility index (Phi) is 4.45. The highest BCUT2D eigenvalue weighted by Gasteiger charge is 2.51. The number of hydrogen-bond donors (Lipinski definition) is 0. The molecule has 1 amide bonds. The molecule has 0 saturated carbocycles. The fourth-order valence-corrected chi connectivity index (χ4v) is 5.14. The van der Waals surface area contributed by atoms with Crippen LogP contribution in [0.25, 0.3) is 0 Å². The van der Waals surface area contributed by atoms with Crippen LogP contribution in [0.2, 0.25) is 0 Å². The highest BCUT2D eigenvalue weighted by Crippen LogP contribution is 2.54. The summed E-state index contributed by atoms with van der Waals surface area (Å²) in [6.45, 7) is 6.20. The number of carbonyl (C=O) groups is 1. The van der Waals surface area contributed by atoms with Gasteiger partial charge in [-0.2, -0.15) is 0 Å². The van der Waals surface area contributed by atoms with Gasteiger partial charge in [-0.25, -0.2) is 4.79 Å². The summed E-state index contributed by atoms with van der Waals surface area (Å²) in [7, 11) is 1.46. The Hall–Kier alpha value is -2.36. The van der Waals surface area contributed by atoms with E-state index in [1.807, 2.05) is 11.1 Å². The molecule has 1 saturated heterocycles. The molecule has 1 atom stereocenters. The average Bonchev–Trinajstić information content (AvgIpc) is 2.84. The maximum absolute atomic E-state index is 12.0. The molecule has 0 bridgehead atoms. The van der Waals surface area contributed by atoms with E-state index in [-0.39, 0.29) is 16.9 Å². The van der Waals surface area contributed by atoms with E-state index in [0.29, 0.717) is 0 Å². The van der Waals surface area contributed by atoms with Gasteiger partial charge in [-0.15, -0.1) is 0 Å². The third kappa shape index (κ3) is 2.73. The van der Waals surface area contributed by atoms with Gasteiger partial charge in [0.1, 0.15) is 0 Å². The number of pyridine rings is 1. The number of nitrogens with zero attached hydrogens (tertiary/aromatic N) is 2. The molecule has 1 unspecified atom stereocenters. The number of aromatic nitrogens is 1. The van der Waals surface area contributed by atoms with Crippen molar-refractivity contribution < 1.29 is 9.53 Å². The maximum atomic E-state index is 12.0. The van der Waals surface area contributed by atoms with Crippen molar-refractivity contribution in [3.05, 3.63) is 65.0 Å². The van der Waals surface area contributed by atoms with Crippen molar-refractivity contribution in [1.29, 1.82) is 0 Å². The van der Waals surface area contributed by atoms with Crippen molar-refractivity contribution in [2.75, 3.05) is 20.2 Å². The number of carbonyl (C=O) groups excluding carboxylic acids is 1. The standard InChI is InChI=1S/C23H28N2O2/c1-22(12-15-25(16-13-22)21(26)27-3)23(2)19-9-5-4-7-17(19)10-11-18-8-6-14-24-20(18)23/h4-9,14H,10-13,15-16H2,1-3H3. The quantitative estimate of drug-likeness (QED) is 0.755. The van der Waals surface area contributed by atoms with Crippen molar-refractivity contribution in [2.45, 2.75) is 44.9 Å². The topological polar surface area (TPSA) is 42.4 Å². The van der Waals surface area contributed by atoms with Gasteiger partial charge in [0.05, 0.1) is 12.8 Å². The molecule has 27 heavy (non-hydrogen) atoms. The number of amides is 1. The second kappa shape index (κ2) is 6.66. The molecule has 1 fully saturated rings. The Morgan fingerprint density at radius 2 is 1.70 bits per heavy atom. The first-order valence-electron chi connectivity index (χ1n) is 9.85. The molecule has 1 aliphatic heterocycles. The van der Waals surface area contributed by atoms with Crippen LogP contribution in [-0.2, 0) is 23.0 Å². The lowest BCUT2D eigenvalue weighted by Gasteiger charge is -2.51. The Labute approximate surface area is 161 Å². The molecule has 2 aromatic rings. The first-order chi connectivity index (χ1) is 13.0. The average molecular weight is 364 g/mol. The van der Waals surface area contributed by atoms with Crippen LogP contribution >= 0.6 is 0 Å². The molecule has 0 radical (unpaired) electrons. The zero-order chi connectivity index (χ0) is 19.1. The number of piperidine rings is 1. The van der Waals surface area contributed by atoms with Crippen LogP contribution in [0.5, 0.6) is 0 Å². The first-order valence-corrected chi connectivity index (χ1v) is 9.85. The molecule has 1 aromatic carbocycles. The predicted octanol–water partition coefficient (Wildman–Crippen LogP) is 4.35. The number of likely N-dealkylation sites (tertiary alicyclic amines) is 1. The molecule has 142 valence electrons. The SMILES string of the molecule is COC(=O)N1CCC(C)(C2(C)c3ccccc3CCc3cccnc32)CC1. The van der Waals surface area contributed by atoms with Gasteiger partial charge in [0.2, 0.25) is 0 Å². The fourth-order valence-electron chi connectivity index (χ4n) is 5.14. The van der Waals surface area contributed by atoms with Crippen LogP contribution in [0.3, 0.4) is 0 Å². The summed E-state index contributed by atoms with van der Waals surface area (Å²) >= 11 is 0. The Bertz CT molecular complexity index is 805. The van der Waals surface area contributed by atoms with Crippen molar-refractivity contribution >= 4 is 6.09 Å². The molecule has 2 heterocycles. The minimum absolute atomic E-state index is 0.0149. The first kappa shape index (κ1) is 18.0. The highest BCUT2D eigenvalue weighted by atomic mass is 16.5. The zero-order valence-corrected chi connectivity index (χ0v) is 16.5. The van der Waals surface area contributed by atoms with Gasteiger partial charge >= 0.3 is 6.09 Å². The number of fused-ring (bicyclic) bond motifs is 2. The van der Waals surface area contributed by atoms with E-state index in [2.05, 4.69) is 50.2 Å². The Morgan fingerprint density at radius 1 is 1.04 bits per heavy atom. The van der Waals surface area contributed by atoms with E-state index in [4.69, 9.17) is 9.72 Å². The number of methoxy groups -OCH3 is 1. The van der Waals surface area contributed by atoms with Crippen molar-refractivity contribution in [1.82, 2.24) is 9.88 Å². The minimum Gasteiger partial charge on any atom is -0.453 e. The van der Waals surface area contributed by atoms with E-state index < -0.39 is 0 Å². The third-order valence-corrected chi connectivity index (χ3v) is 7.09. The summed E-state index contributed by atoms with van der Waals surface area (Å²) < 4.78 is 4.94. The second-order valence-corrected chi connectivity index (χ2v) is 8.31. The normalized spacial score (nSPS) is 23.7. The smallest absolute Gasteiger partial charge is 0.409 e. The van der Waals surface area contributed by atoms with Crippen molar-refractivity contribution in [2.24, 2.45) is 5.41 Å². The molecule has 0 spiro atoms. The lowest BCUT2D eigenvalue weighted by atomic mass is 9.55. The number of benzene rings is 1. The van der Waals surface area contributed by atoms with E-state index >= 15 is 0 Å². The van der Waals surface area contributed by atoms with E-state index in [9.17, 15) is 4.79 Å². The Balaban J connectivity index is 1.82. The third-order valence-electron chi connectivity index (χ3n) is 7.09. The summed E-state index contributed by atoms with van der Waals surface area (Å²) in [4.78, 5) is 18.7. The van der Waals surface area contributed by atoms with Gasteiger partial charge in [0, 0.05) is 24.7 Å². The van der Waals surface area contributed by atoms with Crippen LogP contribution in [0, 0.1) is 5.41 Å². The lowest BCUT2D eigenvalue weighted by molar-refractivity contribution is 0.0541. The van der Waals surface area contributed by atoms with Gasteiger partial charge in [0.15, 0.2) is 0 Å². The summed E-state index contributed by atoms with van der Waals surface area (Å²) in [5.41, 5.74) is 5.22. The van der Waals surface area contributed by atoms with Crippen LogP contribution in [0.4, 0.5) is 4.79 Å². The van der Waals surface area contributed by atoms with Crippen LogP contribution in [-0.4, -0.2) is 36.2 Å². The van der Waals surface area contributed by atoms with Crippen molar-refractivity contribution in [3.8, 4) is 0 Å². The lowest BCUT2D eigenvalue weighted by Crippen LogP contribution is -2.51. The largest absolute Gasteiger partial charge is 0.453 e. The molecule has 4 heteroatoms. The zero-order valence-electron chi connectivity index (χ0n) is 16.5. The van der Waals surface area contributed by atoms with E-state index in [1.54, 1.807) is 0 Å². The molecule has 1 aromatic heterocycles. The highest BCUT2D eigenvalue weighted by molar-refractivity contribution is 5.67. The summed E-state index contributed by atoms with van der Waals surface area (Å²) in [5, 5.41) is 0. The second-order valence-electron chi connectivity index (χ2n) is 8.31. The van der Waals surface area contributed by atoms with Gasteiger partial charge in [-0.1, -0.05) is 37.3 Å². The summed E-state index contributed by atoms with van der Waals surface area (Å²) in [5.74, 6) is 0. The van der Waals surface area contributed by atoms with Crippen LogP contribution in [0.15, 0.2) is 42.6 Å². The van der Waals surface area contributed by atoms with Gasteiger partial charge < -0.3 is 9.64 Å². The van der Waals surface area contributed by atoms with Crippen LogP contribution in [0.1, 0.15) is 49.1 Å². The van der Waals surface area contributed by atoms with Gasteiger partial charge in [0.25, 0.3) is 0 Å². The number of ether oxygens (including phenoxy) is 1. The number of hydrogen-bond acceptors (Lipinski definition) is 3. The van der Waals surface area contributed by atoms with E-state index in [1.165, 1.54) is 29.5 Å². The molecular formula is C23H28N2O2. The van der Waals surface area contributed by atoms with Crippen molar-refractivity contribution in [3.63, 3.8) is 0 Å². The minimum atomic E-state index is -0.220. The molecule has 2 aliphatic rings. The summed E-state index contributed by atoms with van der Waals surface area (Å²) in [6, 6.07) is 13.1. The maximum Gasteiger partial charge on any atom is 0.409 e. The van der Waals surface area contributed by atoms with E-state index in [0.717, 1.165) is 38.8 Å². The molecular weight excluding hydrogens is 336 g/mol. The monoisotopic (exact) mass is 364 g/mol. The molecule has 1 aliphatic carbocycles. The fraction of sp³-hybridized carbons (Fsp3) is 0.478. The van der Waals surface area contributed by atoms with Gasteiger partial charge in [-0.3, -0.25) is 4.98 Å².